The van der Waals surface area contributed by atoms with Gasteiger partial charge in [-0.2, -0.15) is 5.10 Å². The van der Waals surface area contributed by atoms with Gasteiger partial charge in [0, 0.05) is 28.7 Å². The third-order valence-electron chi connectivity index (χ3n) is 9.41. The van der Waals surface area contributed by atoms with Crippen LogP contribution in [0.1, 0.15) is 79.8 Å². The van der Waals surface area contributed by atoms with E-state index in [1.165, 1.54) is 17.2 Å². The number of hydrogen-bond donors (Lipinski definition) is 0. The van der Waals surface area contributed by atoms with Crippen molar-refractivity contribution in [2.75, 3.05) is 19.8 Å². The van der Waals surface area contributed by atoms with Gasteiger partial charge in [0.1, 0.15) is 29.6 Å². The van der Waals surface area contributed by atoms with Crippen LogP contribution in [0.2, 0.25) is 18.1 Å². The zero-order valence-corrected chi connectivity index (χ0v) is 28.9. The largest absolute Gasteiger partial charge is 0.490 e. The second kappa shape index (κ2) is 11.7. The van der Waals surface area contributed by atoms with Crippen molar-refractivity contribution in [3.63, 3.8) is 0 Å². The zero-order chi connectivity index (χ0) is 31.4. The van der Waals surface area contributed by atoms with Gasteiger partial charge in [-0.05, 0) is 73.6 Å². The van der Waals surface area contributed by atoms with Crippen molar-refractivity contribution in [2.45, 2.75) is 77.0 Å². The Bertz CT molecular complexity index is 1730. The molecule has 44 heavy (non-hydrogen) atoms. The fraction of sp³-hybridized carbons (Fsp3) is 0.441. The van der Waals surface area contributed by atoms with Crippen LogP contribution in [-0.2, 0) is 10.8 Å². The minimum absolute atomic E-state index is 0.0486. The van der Waals surface area contributed by atoms with Crippen LogP contribution in [0.4, 0.5) is 4.39 Å². The van der Waals surface area contributed by atoms with Crippen LogP contribution in [0, 0.1) is 5.82 Å². The third-order valence-corrected chi connectivity index (χ3v) is 14.4. The summed E-state index contributed by atoms with van der Waals surface area (Å²) in [6.07, 6.45) is 2.85. The van der Waals surface area contributed by atoms with Crippen LogP contribution in [-0.4, -0.2) is 53.5 Å². The molecule has 0 bridgehead atoms. The predicted molar refractivity (Wildman–Crippen MR) is 176 cm³/mol. The maximum atomic E-state index is 15.6. The molecule has 1 saturated carbocycles. The summed E-state index contributed by atoms with van der Waals surface area (Å²) in [6.45, 7) is 14.4. The summed E-state index contributed by atoms with van der Waals surface area (Å²) in [5.41, 5.74) is 4.98. The fourth-order valence-electron chi connectivity index (χ4n) is 5.67. The molecule has 0 saturated heterocycles. The van der Waals surface area contributed by atoms with Gasteiger partial charge in [0.15, 0.2) is 14.0 Å². The highest BCUT2D eigenvalue weighted by Gasteiger charge is 2.37. The van der Waals surface area contributed by atoms with Crippen molar-refractivity contribution in [3.8, 4) is 17.0 Å². The first-order valence-corrected chi connectivity index (χ1v) is 19.1. The molecule has 1 aliphatic heterocycles. The van der Waals surface area contributed by atoms with Crippen molar-refractivity contribution >= 4 is 35.8 Å². The molecule has 3 heterocycles. The number of aromatic nitrogens is 3. The normalized spacial score (nSPS) is 17.2. The molecule has 2 aromatic heterocycles. The highest BCUT2D eigenvalue weighted by Crippen LogP contribution is 2.42. The Morgan fingerprint density at radius 1 is 1.11 bits per heavy atom. The Balaban J connectivity index is 1.31. The van der Waals surface area contributed by atoms with Crippen LogP contribution in [0.5, 0.6) is 5.75 Å². The number of benzene rings is 2. The SMILES string of the molecule is CC1c2ccccc2CCN1C(=O)c1cc(C2CC2)n2nc(-c3c(F)cc(Br)cc3OCCO[Si](C)(C)C(C)(C)C)cc2n1. The Kier molecular flexibility index (Phi) is 8.21. The molecule has 4 aromatic rings. The van der Waals surface area contributed by atoms with Crippen LogP contribution in [0.25, 0.3) is 16.9 Å². The highest BCUT2D eigenvalue weighted by molar-refractivity contribution is 9.10. The van der Waals surface area contributed by atoms with E-state index in [2.05, 4.69) is 68.9 Å². The number of carbonyl (C=O) groups excluding carboxylic acids is 1. The van der Waals surface area contributed by atoms with Gasteiger partial charge in [0.2, 0.25) is 0 Å². The van der Waals surface area contributed by atoms with Gasteiger partial charge in [-0.3, -0.25) is 4.79 Å². The topological polar surface area (TPSA) is 69.0 Å². The second-order valence-electron chi connectivity index (χ2n) is 13.5. The molecule has 2 aromatic carbocycles. The van der Waals surface area contributed by atoms with Gasteiger partial charge in [0.25, 0.3) is 5.91 Å². The van der Waals surface area contributed by atoms with Crippen LogP contribution in [0.3, 0.4) is 0 Å². The van der Waals surface area contributed by atoms with Crippen LogP contribution in [0.15, 0.2) is 53.0 Å². The van der Waals surface area contributed by atoms with Crippen molar-refractivity contribution in [1.82, 2.24) is 19.5 Å². The van der Waals surface area contributed by atoms with E-state index in [9.17, 15) is 4.79 Å². The Labute approximate surface area is 268 Å². The van der Waals surface area contributed by atoms with Gasteiger partial charge in [-0.1, -0.05) is 61.0 Å². The van der Waals surface area contributed by atoms with E-state index in [0.717, 1.165) is 25.0 Å². The monoisotopic (exact) mass is 678 g/mol. The minimum atomic E-state index is -1.94. The molecule has 1 fully saturated rings. The molecular weight excluding hydrogens is 639 g/mol. The number of amides is 1. The lowest BCUT2D eigenvalue weighted by Gasteiger charge is -2.36. The Morgan fingerprint density at radius 2 is 1.86 bits per heavy atom. The number of ether oxygens (including phenoxy) is 1. The minimum Gasteiger partial charge on any atom is -0.490 e. The maximum Gasteiger partial charge on any atom is 0.273 e. The molecule has 1 atom stereocenters. The molecule has 0 spiro atoms. The van der Waals surface area contributed by atoms with Gasteiger partial charge in [-0.25, -0.2) is 13.9 Å². The molecule has 6 rings (SSSR count). The molecular formula is C34H40BrFN4O3Si. The summed E-state index contributed by atoms with van der Waals surface area (Å²) in [4.78, 5) is 20.6. The Hall–Kier alpha value is -3.08. The lowest BCUT2D eigenvalue weighted by Crippen LogP contribution is -2.41. The van der Waals surface area contributed by atoms with Crippen molar-refractivity contribution in [2.24, 2.45) is 0 Å². The van der Waals surface area contributed by atoms with Crippen LogP contribution < -0.4 is 4.74 Å². The highest BCUT2D eigenvalue weighted by atomic mass is 79.9. The predicted octanol–water partition coefficient (Wildman–Crippen LogP) is 8.34. The van der Waals surface area contributed by atoms with Gasteiger partial charge in [-0.15, -0.1) is 0 Å². The fourth-order valence-corrected chi connectivity index (χ4v) is 7.11. The van der Waals surface area contributed by atoms with E-state index in [1.54, 1.807) is 16.6 Å². The average Bonchev–Trinajstić information content (AvgIpc) is 3.72. The average molecular weight is 680 g/mol. The molecule has 1 unspecified atom stereocenters. The summed E-state index contributed by atoms with van der Waals surface area (Å²) >= 11 is 3.41. The van der Waals surface area contributed by atoms with Gasteiger partial charge in [0.05, 0.1) is 18.2 Å². The molecule has 2 aliphatic rings. The zero-order valence-electron chi connectivity index (χ0n) is 26.3. The second-order valence-corrected chi connectivity index (χ2v) is 19.2. The number of rotatable bonds is 8. The van der Waals surface area contributed by atoms with Gasteiger partial charge >= 0.3 is 0 Å². The molecule has 1 amide bonds. The first-order chi connectivity index (χ1) is 20.8. The van der Waals surface area contributed by atoms with E-state index in [0.29, 0.717) is 40.4 Å². The third kappa shape index (κ3) is 5.96. The quantitative estimate of drug-likeness (QED) is 0.138. The van der Waals surface area contributed by atoms with E-state index >= 15 is 4.39 Å². The summed E-state index contributed by atoms with van der Waals surface area (Å²) in [5, 5.41) is 4.91. The van der Waals surface area contributed by atoms with Crippen molar-refractivity contribution < 1.29 is 18.3 Å². The Morgan fingerprint density at radius 3 is 2.59 bits per heavy atom. The number of hydrogen-bond acceptors (Lipinski definition) is 5. The van der Waals surface area contributed by atoms with Crippen molar-refractivity contribution in [1.29, 1.82) is 0 Å². The van der Waals surface area contributed by atoms with Gasteiger partial charge < -0.3 is 14.1 Å². The number of carbonyl (C=O) groups is 1. The maximum absolute atomic E-state index is 15.6. The summed E-state index contributed by atoms with van der Waals surface area (Å²) in [7, 11) is -1.94. The standard InChI is InChI=1S/C34H40BrFN4O3Si/c1-21-25-10-8-7-9-22(25)13-14-39(21)33(41)28-19-29(23-11-12-23)40-31(37-28)20-27(38-40)32-26(36)17-24(35)18-30(32)42-15-16-43-44(5,6)34(2,3)4/h7-10,17-21,23H,11-16H2,1-6H3. The lowest BCUT2D eigenvalue weighted by molar-refractivity contribution is 0.0671. The summed E-state index contributed by atoms with van der Waals surface area (Å²) in [6, 6.07) is 15.1. The first-order valence-electron chi connectivity index (χ1n) is 15.4. The molecule has 232 valence electrons. The van der Waals surface area contributed by atoms with Crippen molar-refractivity contribution in [3.05, 3.63) is 81.3 Å². The van der Waals surface area contributed by atoms with E-state index in [-0.39, 0.29) is 35.1 Å². The first kappa shape index (κ1) is 30.9. The van der Waals surface area contributed by atoms with E-state index < -0.39 is 14.1 Å². The lowest BCUT2D eigenvalue weighted by atomic mass is 9.93. The number of fused-ring (bicyclic) bond motifs is 2. The molecule has 10 heteroatoms. The molecule has 0 radical (unpaired) electrons. The summed E-state index contributed by atoms with van der Waals surface area (Å²) in [5.74, 6) is 0.120. The number of halogens is 2. The molecule has 7 nitrogen and oxygen atoms in total. The van der Waals surface area contributed by atoms with Crippen LogP contribution >= 0.6 is 15.9 Å². The van der Waals surface area contributed by atoms with E-state index in [4.69, 9.17) is 19.2 Å². The molecule has 1 aliphatic carbocycles. The molecule has 0 N–H and O–H groups in total. The smallest absolute Gasteiger partial charge is 0.273 e. The summed E-state index contributed by atoms with van der Waals surface area (Å²) < 4.78 is 30.3. The number of nitrogens with zero attached hydrogens (tertiary/aromatic N) is 4. The van der Waals surface area contributed by atoms with E-state index in [1.807, 2.05) is 23.1 Å².